The van der Waals surface area contributed by atoms with Gasteiger partial charge >= 0.3 is 0 Å². The molecular weight excluding hydrogens is 402 g/mol. The van der Waals surface area contributed by atoms with E-state index in [-0.39, 0.29) is 11.8 Å². The Bertz CT molecular complexity index is 1030. The maximum Gasteiger partial charge on any atom is 0.232 e. The molecule has 0 N–H and O–H groups in total. The number of nitrogens with zero attached hydrogens (tertiary/aromatic N) is 3. The summed E-state index contributed by atoms with van der Waals surface area (Å²) in [7, 11) is 0. The Hall–Kier alpha value is -2.86. The first-order valence-electron chi connectivity index (χ1n) is 10.2. The lowest BCUT2D eigenvalue weighted by molar-refractivity contribution is -0.117. The molecule has 1 aromatic heterocycles. The van der Waals surface area contributed by atoms with Crippen molar-refractivity contribution in [2.75, 3.05) is 18.1 Å². The van der Waals surface area contributed by atoms with Crippen LogP contribution in [0, 0.1) is 6.92 Å². The van der Waals surface area contributed by atoms with Crippen molar-refractivity contribution in [3.05, 3.63) is 58.9 Å². The molecule has 1 fully saturated rings. The third kappa shape index (κ3) is 4.33. The predicted molar refractivity (Wildman–Crippen MR) is 116 cm³/mol. The lowest BCUT2D eigenvalue weighted by Gasteiger charge is -2.18. The molecule has 0 radical (unpaired) electrons. The lowest BCUT2D eigenvalue weighted by atomic mass is 10.1. The van der Waals surface area contributed by atoms with Gasteiger partial charge in [-0.15, -0.1) is 0 Å². The maximum atomic E-state index is 12.6. The summed E-state index contributed by atoms with van der Waals surface area (Å²) < 4.78 is 11.2. The zero-order valence-electron chi connectivity index (χ0n) is 17.1. The van der Waals surface area contributed by atoms with Gasteiger partial charge in [0.1, 0.15) is 5.75 Å². The molecule has 4 rings (SSSR count). The summed E-state index contributed by atoms with van der Waals surface area (Å²) in [5.41, 5.74) is 2.67. The predicted octanol–water partition coefficient (Wildman–Crippen LogP) is 5.40. The van der Waals surface area contributed by atoms with Crippen LogP contribution in [0.25, 0.3) is 11.4 Å². The smallest absolute Gasteiger partial charge is 0.232 e. The van der Waals surface area contributed by atoms with Crippen LogP contribution in [0.5, 0.6) is 5.75 Å². The first-order valence-corrected chi connectivity index (χ1v) is 10.6. The molecule has 2 heterocycles. The Morgan fingerprint density at radius 1 is 1.23 bits per heavy atom. The topological polar surface area (TPSA) is 68.5 Å². The standard InChI is InChI=1S/C23H24ClN3O3/c1-3-4-11-29-19-9-6-16(7-10-19)22-25-23(30-26-22)17-12-21(28)27(14-17)20-13-18(24)8-5-15(20)2/h5-10,13,17H,3-4,11-12,14H2,1-2H3. The van der Waals surface area contributed by atoms with E-state index < -0.39 is 0 Å². The summed E-state index contributed by atoms with van der Waals surface area (Å²) in [4.78, 5) is 18.9. The molecule has 1 saturated heterocycles. The van der Waals surface area contributed by atoms with E-state index in [4.69, 9.17) is 20.9 Å². The summed E-state index contributed by atoms with van der Waals surface area (Å²) in [6, 6.07) is 13.2. The monoisotopic (exact) mass is 425 g/mol. The molecular formula is C23H24ClN3O3. The van der Waals surface area contributed by atoms with Gasteiger partial charge < -0.3 is 14.2 Å². The largest absolute Gasteiger partial charge is 0.494 e. The number of aromatic nitrogens is 2. The zero-order chi connectivity index (χ0) is 21.1. The van der Waals surface area contributed by atoms with Gasteiger partial charge in [0.15, 0.2) is 0 Å². The fourth-order valence-electron chi connectivity index (χ4n) is 3.53. The third-order valence-electron chi connectivity index (χ3n) is 5.26. The van der Waals surface area contributed by atoms with Crippen molar-refractivity contribution < 1.29 is 14.1 Å². The van der Waals surface area contributed by atoms with Gasteiger partial charge in [0.2, 0.25) is 17.6 Å². The Kier molecular flexibility index (Phi) is 6.04. The highest BCUT2D eigenvalue weighted by Gasteiger charge is 2.35. The number of ether oxygens (including phenoxy) is 1. The van der Waals surface area contributed by atoms with Crippen molar-refractivity contribution in [1.82, 2.24) is 10.1 Å². The molecule has 0 saturated carbocycles. The van der Waals surface area contributed by atoms with Crippen molar-refractivity contribution in [1.29, 1.82) is 0 Å². The van der Waals surface area contributed by atoms with Gasteiger partial charge in [-0.25, -0.2) is 0 Å². The summed E-state index contributed by atoms with van der Waals surface area (Å²) in [5, 5.41) is 4.72. The summed E-state index contributed by atoms with van der Waals surface area (Å²) in [6.07, 6.45) is 2.46. The van der Waals surface area contributed by atoms with Crippen LogP contribution in [0.15, 0.2) is 47.0 Å². The Labute approximate surface area is 180 Å². The van der Waals surface area contributed by atoms with E-state index in [0.29, 0.717) is 36.3 Å². The average molecular weight is 426 g/mol. The molecule has 1 aliphatic heterocycles. The van der Waals surface area contributed by atoms with Crippen LogP contribution in [-0.4, -0.2) is 29.2 Å². The number of unbranched alkanes of at least 4 members (excludes halogenated alkanes) is 1. The van der Waals surface area contributed by atoms with Crippen molar-refractivity contribution in [3.63, 3.8) is 0 Å². The summed E-state index contributed by atoms with van der Waals surface area (Å²) in [6.45, 7) is 5.30. The van der Waals surface area contributed by atoms with Crippen LogP contribution in [0.2, 0.25) is 5.02 Å². The molecule has 0 spiro atoms. The minimum Gasteiger partial charge on any atom is -0.494 e. The number of aryl methyl sites for hydroxylation is 1. The fourth-order valence-corrected chi connectivity index (χ4v) is 3.70. The number of anilines is 1. The number of benzene rings is 2. The second-order valence-electron chi connectivity index (χ2n) is 7.52. The van der Waals surface area contributed by atoms with Crippen LogP contribution in [-0.2, 0) is 4.79 Å². The quantitative estimate of drug-likeness (QED) is 0.474. The van der Waals surface area contributed by atoms with Crippen LogP contribution >= 0.6 is 11.6 Å². The average Bonchev–Trinajstić information content (AvgIpc) is 3.38. The highest BCUT2D eigenvalue weighted by molar-refractivity contribution is 6.31. The van der Waals surface area contributed by atoms with Crippen molar-refractivity contribution in [3.8, 4) is 17.1 Å². The molecule has 1 amide bonds. The molecule has 2 aromatic carbocycles. The fraction of sp³-hybridized carbons (Fsp3) is 0.348. The molecule has 30 heavy (non-hydrogen) atoms. The van der Waals surface area contributed by atoms with Crippen LogP contribution < -0.4 is 9.64 Å². The lowest BCUT2D eigenvalue weighted by Crippen LogP contribution is -2.25. The van der Waals surface area contributed by atoms with E-state index in [0.717, 1.165) is 35.4 Å². The van der Waals surface area contributed by atoms with E-state index in [9.17, 15) is 4.79 Å². The number of hydrogen-bond acceptors (Lipinski definition) is 5. The number of hydrogen-bond donors (Lipinski definition) is 0. The second kappa shape index (κ2) is 8.88. The number of carbonyl (C=O) groups is 1. The first-order chi connectivity index (χ1) is 14.5. The van der Waals surface area contributed by atoms with Crippen molar-refractivity contribution in [2.45, 2.75) is 39.0 Å². The molecule has 3 aromatic rings. The number of carbonyl (C=O) groups excluding carboxylic acids is 1. The first kappa shape index (κ1) is 20.4. The second-order valence-corrected chi connectivity index (χ2v) is 7.96. The molecule has 156 valence electrons. The molecule has 1 aliphatic rings. The normalized spacial score (nSPS) is 16.3. The van der Waals surface area contributed by atoms with Gasteiger partial charge in [-0.1, -0.05) is 36.2 Å². The highest BCUT2D eigenvalue weighted by Crippen LogP contribution is 2.34. The molecule has 1 atom stereocenters. The van der Waals surface area contributed by atoms with Gasteiger partial charge in [0.05, 0.1) is 12.5 Å². The minimum atomic E-state index is -0.145. The van der Waals surface area contributed by atoms with Gasteiger partial charge in [-0.3, -0.25) is 4.79 Å². The van der Waals surface area contributed by atoms with Gasteiger partial charge in [-0.2, -0.15) is 4.98 Å². The summed E-state index contributed by atoms with van der Waals surface area (Å²) in [5.74, 6) is 1.69. The van der Waals surface area contributed by atoms with Gasteiger partial charge in [0.25, 0.3) is 0 Å². The minimum absolute atomic E-state index is 0.0266. The van der Waals surface area contributed by atoms with E-state index in [1.807, 2.05) is 49.4 Å². The van der Waals surface area contributed by atoms with E-state index in [1.54, 1.807) is 4.90 Å². The van der Waals surface area contributed by atoms with E-state index in [2.05, 4.69) is 17.1 Å². The molecule has 7 heteroatoms. The number of rotatable bonds is 7. The van der Waals surface area contributed by atoms with Crippen molar-refractivity contribution in [2.24, 2.45) is 0 Å². The molecule has 6 nitrogen and oxygen atoms in total. The van der Waals surface area contributed by atoms with Crippen molar-refractivity contribution >= 4 is 23.2 Å². The highest BCUT2D eigenvalue weighted by atomic mass is 35.5. The van der Waals surface area contributed by atoms with Crippen LogP contribution in [0.1, 0.15) is 43.6 Å². The number of halogens is 1. The maximum absolute atomic E-state index is 12.6. The van der Waals surface area contributed by atoms with Gasteiger partial charge in [-0.05, 0) is 55.3 Å². The van der Waals surface area contributed by atoms with Gasteiger partial charge in [0, 0.05) is 29.2 Å². The molecule has 1 unspecified atom stereocenters. The van der Waals surface area contributed by atoms with Crippen LogP contribution in [0.3, 0.4) is 0 Å². The Balaban J connectivity index is 1.46. The Morgan fingerprint density at radius 2 is 2.03 bits per heavy atom. The Morgan fingerprint density at radius 3 is 2.80 bits per heavy atom. The van der Waals surface area contributed by atoms with E-state index >= 15 is 0 Å². The number of amides is 1. The molecule has 0 aliphatic carbocycles. The summed E-state index contributed by atoms with van der Waals surface area (Å²) >= 11 is 6.13. The van der Waals surface area contributed by atoms with E-state index in [1.165, 1.54) is 0 Å². The zero-order valence-corrected chi connectivity index (χ0v) is 17.9. The molecule has 0 bridgehead atoms. The SMILES string of the molecule is CCCCOc1ccc(-c2noc(C3CC(=O)N(c4cc(Cl)ccc4C)C3)n2)cc1. The van der Waals surface area contributed by atoms with Crippen LogP contribution in [0.4, 0.5) is 5.69 Å². The third-order valence-corrected chi connectivity index (χ3v) is 5.49.